The lowest BCUT2D eigenvalue weighted by Gasteiger charge is -2.34. The Hall–Kier alpha value is -1.38. The average Bonchev–Trinajstić information content (AvgIpc) is 2.92. The molecule has 1 aromatic rings. The van der Waals surface area contributed by atoms with Crippen molar-refractivity contribution in [2.24, 2.45) is 5.73 Å². The second-order valence-corrected chi connectivity index (χ2v) is 8.14. The van der Waals surface area contributed by atoms with Crippen molar-refractivity contribution in [3.8, 4) is 0 Å². The molecule has 146 valence electrons. The Bertz CT molecular complexity index is 702. The van der Waals surface area contributed by atoms with Gasteiger partial charge in [-0.25, -0.2) is 0 Å². The number of hydrogen-bond donors (Lipinski definition) is 1. The minimum Gasteiger partial charge on any atom is -0.329 e. The lowest BCUT2D eigenvalue weighted by Crippen LogP contribution is -2.48. The lowest BCUT2D eigenvalue weighted by atomic mass is 10.2. The number of nitrogens with zero attached hydrogens (tertiary/aromatic N) is 3. The molecule has 0 aliphatic carbocycles. The number of amides is 2. The summed E-state index contributed by atoms with van der Waals surface area (Å²) in [5.41, 5.74) is 6.46. The van der Waals surface area contributed by atoms with E-state index in [0.29, 0.717) is 23.0 Å². The van der Waals surface area contributed by atoms with Crippen LogP contribution in [0.1, 0.15) is 12.0 Å². The maximum absolute atomic E-state index is 12.5. The number of piperazine rings is 1. The third-order valence-electron chi connectivity index (χ3n) is 4.81. The van der Waals surface area contributed by atoms with Crippen molar-refractivity contribution in [1.29, 1.82) is 0 Å². The highest BCUT2D eigenvalue weighted by atomic mass is 35.5. The van der Waals surface area contributed by atoms with E-state index in [4.69, 9.17) is 17.3 Å². The van der Waals surface area contributed by atoms with Crippen molar-refractivity contribution in [3.63, 3.8) is 0 Å². The van der Waals surface area contributed by atoms with Crippen LogP contribution >= 0.6 is 23.4 Å². The number of thioether (sulfide) groups is 1. The number of benzene rings is 1. The molecule has 8 heteroatoms. The summed E-state index contributed by atoms with van der Waals surface area (Å²) in [7, 11) is 0. The van der Waals surface area contributed by atoms with Gasteiger partial charge in [0.1, 0.15) is 0 Å². The van der Waals surface area contributed by atoms with E-state index in [9.17, 15) is 9.59 Å². The molecule has 2 aliphatic heterocycles. The van der Waals surface area contributed by atoms with Gasteiger partial charge in [0, 0.05) is 50.8 Å². The maximum atomic E-state index is 12.5. The van der Waals surface area contributed by atoms with Crippen LogP contribution in [0.25, 0.3) is 6.08 Å². The standard InChI is InChI=1S/C19H25ClN4O2S/c20-16-4-2-15(3-5-16)14-17-18(25)24(19(26)27-17)8-1-7-22-10-12-23(9-6-21)13-11-22/h2-5,14H,1,6-13,21H2. The summed E-state index contributed by atoms with van der Waals surface area (Å²) in [6.45, 7) is 7.09. The van der Waals surface area contributed by atoms with E-state index < -0.39 is 0 Å². The molecule has 2 N–H and O–H groups in total. The first-order valence-corrected chi connectivity index (χ1v) is 10.4. The predicted molar refractivity (Wildman–Crippen MR) is 111 cm³/mol. The van der Waals surface area contributed by atoms with Gasteiger partial charge in [0.2, 0.25) is 0 Å². The van der Waals surface area contributed by atoms with E-state index in [-0.39, 0.29) is 11.1 Å². The first-order chi connectivity index (χ1) is 13.1. The third-order valence-corrected chi connectivity index (χ3v) is 5.97. The van der Waals surface area contributed by atoms with Gasteiger partial charge in [-0.2, -0.15) is 0 Å². The van der Waals surface area contributed by atoms with E-state index in [2.05, 4.69) is 9.80 Å². The number of halogens is 1. The normalized spacial score (nSPS) is 20.8. The highest BCUT2D eigenvalue weighted by Gasteiger charge is 2.34. The topological polar surface area (TPSA) is 69.9 Å². The second kappa shape index (κ2) is 9.71. The average molecular weight is 409 g/mol. The molecular formula is C19H25ClN4O2S. The first-order valence-electron chi connectivity index (χ1n) is 9.22. The summed E-state index contributed by atoms with van der Waals surface area (Å²) < 4.78 is 0. The summed E-state index contributed by atoms with van der Waals surface area (Å²) in [5.74, 6) is -0.201. The number of hydrogen-bond acceptors (Lipinski definition) is 6. The summed E-state index contributed by atoms with van der Waals surface area (Å²) in [6, 6.07) is 7.21. The van der Waals surface area contributed by atoms with Crippen LogP contribution in [-0.4, -0.2) is 78.2 Å². The molecule has 6 nitrogen and oxygen atoms in total. The fourth-order valence-corrected chi connectivity index (χ4v) is 4.27. The molecule has 0 aromatic heterocycles. The van der Waals surface area contributed by atoms with Crippen molar-refractivity contribution >= 4 is 40.6 Å². The minimum absolute atomic E-state index is 0.187. The lowest BCUT2D eigenvalue weighted by molar-refractivity contribution is -0.122. The molecule has 0 atom stereocenters. The van der Waals surface area contributed by atoms with Crippen molar-refractivity contribution in [1.82, 2.24) is 14.7 Å². The Morgan fingerprint density at radius 1 is 1.00 bits per heavy atom. The Morgan fingerprint density at radius 3 is 2.26 bits per heavy atom. The molecule has 2 aliphatic rings. The Kier molecular flexibility index (Phi) is 7.32. The molecule has 2 saturated heterocycles. The molecular weight excluding hydrogens is 384 g/mol. The largest absolute Gasteiger partial charge is 0.329 e. The fraction of sp³-hybridized carbons (Fsp3) is 0.474. The quantitative estimate of drug-likeness (QED) is 0.698. The van der Waals surface area contributed by atoms with E-state index in [1.165, 1.54) is 4.90 Å². The van der Waals surface area contributed by atoms with E-state index >= 15 is 0 Å². The van der Waals surface area contributed by atoms with Crippen molar-refractivity contribution in [3.05, 3.63) is 39.8 Å². The monoisotopic (exact) mass is 408 g/mol. The van der Waals surface area contributed by atoms with Gasteiger partial charge in [-0.1, -0.05) is 23.7 Å². The zero-order valence-corrected chi connectivity index (χ0v) is 16.8. The van der Waals surface area contributed by atoms with Gasteiger partial charge < -0.3 is 10.6 Å². The van der Waals surface area contributed by atoms with Gasteiger partial charge in [0.25, 0.3) is 11.1 Å². The minimum atomic E-state index is -0.201. The fourth-order valence-electron chi connectivity index (χ4n) is 3.27. The van der Waals surface area contributed by atoms with Crippen molar-refractivity contribution in [2.75, 3.05) is 52.4 Å². The van der Waals surface area contributed by atoms with Crippen LogP contribution in [-0.2, 0) is 4.79 Å². The van der Waals surface area contributed by atoms with Crippen LogP contribution in [0.4, 0.5) is 4.79 Å². The number of rotatable bonds is 7. The predicted octanol–water partition coefficient (Wildman–Crippen LogP) is 2.34. The zero-order chi connectivity index (χ0) is 19.2. The molecule has 2 fully saturated rings. The van der Waals surface area contributed by atoms with Gasteiger partial charge in [-0.05, 0) is 48.5 Å². The highest BCUT2D eigenvalue weighted by molar-refractivity contribution is 8.18. The molecule has 0 spiro atoms. The van der Waals surface area contributed by atoms with Gasteiger partial charge >= 0.3 is 0 Å². The number of imide groups is 1. The van der Waals surface area contributed by atoms with Gasteiger partial charge in [0.15, 0.2) is 0 Å². The maximum Gasteiger partial charge on any atom is 0.293 e. The molecule has 2 amide bonds. The summed E-state index contributed by atoms with van der Waals surface area (Å²) in [4.78, 5) is 31.3. The van der Waals surface area contributed by atoms with Crippen molar-refractivity contribution < 1.29 is 9.59 Å². The molecule has 27 heavy (non-hydrogen) atoms. The van der Waals surface area contributed by atoms with Gasteiger partial charge in [-0.3, -0.25) is 19.4 Å². The SMILES string of the molecule is NCCN1CCN(CCCN2C(=O)SC(=Cc3ccc(Cl)cc3)C2=O)CC1. The van der Waals surface area contributed by atoms with Crippen LogP contribution in [0.2, 0.25) is 5.02 Å². The number of nitrogens with two attached hydrogens (primary N) is 1. The van der Waals surface area contributed by atoms with Crippen LogP contribution in [0, 0.1) is 0 Å². The Morgan fingerprint density at radius 2 is 1.63 bits per heavy atom. The van der Waals surface area contributed by atoms with Gasteiger partial charge in [-0.15, -0.1) is 0 Å². The molecule has 1 aromatic carbocycles. The van der Waals surface area contributed by atoms with E-state index in [1.54, 1.807) is 18.2 Å². The van der Waals surface area contributed by atoms with E-state index in [0.717, 1.165) is 63.0 Å². The van der Waals surface area contributed by atoms with Gasteiger partial charge in [0.05, 0.1) is 4.91 Å². The molecule has 0 unspecified atom stereocenters. The summed E-state index contributed by atoms with van der Waals surface area (Å²) >= 11 is 6.89. The van der Waals surface area contributed by atoms with Crippen LogP contribution in [0.5, 0.6) is 0 Å². The molecule has 2 heterocycles. The summed E-state index contributed by atoms with van der Waals surface area (Å²) in [5, 5.41) is 0.456. The molecule has 0 saturated carbocycles. The molecule has 0 radical (unpaired) electrons. The third kappa shape index (κ3) is 5.56. The number of carbonyl (C=O) groups is 2. The number of carbonyl (C=O) groups excluding carboxylic acids is 2. The van der Waals surface area contributed by atoms with Crippen molar-refractivity contribution in [2.45, 2.75) is 6.42 Å². The van der Waals surface area contributed by atoms with Crippen LogP contribution < -0.4 is 5.73 Å². The summed E-state index contributed by atoms with van der Waals surface area (Å²) in [6.07, 6.45) is 2.54. The highest BCUT2D eigenvalue weighted by Crippen LogP contribution is 2.32. The van der Waals surface area contributed by atoms with Crippen LogP contribution in [0.15, 0.2) is 29.2 Å². The van der Waals surface area contributed by atoms with Crippen LogP contribution in [0.3, 0.4) is 0 Å². The smallest absolute Gasteiger partial charge is 0.293 e. The Labute approximate surface area is 169 Å². The zero-order valence-electron chi connectivity index (χ0n) is 15.3. The first kappa shape index (κ1) is 20.4. The molecule has 0 bridgehead atoms. The second-order valence-electron chi connectivity index (χ2n) is 6.71. The van der Waals surface area contributed by atoms with E-state index in [1.807, 2.05) is 12.1 Å². The molecule has 3 rings (SSSR count). The Balaban J connectivity index is 1.47.